The zero-order chi connectivity index (χ0) is 14.0. The zero-order valence-corrected chi connectivity index (χ0v) is 11.3. The molecule has 1 heterocycles. The van der Waals surface area contributed by atoms with Gasteiger partial charge in [0.15, 0.2) is 0 Å². The Kier molecular flexibility index (Phi) is 3.92. The van der Waals surface area contributed by atoms with Crippen molar-refractivity contribution in [2.75, 3.05) is 7.11 Å². The minimum atomic E-state index is -1.48. The molecule has 0 aliphatic carbocycles. The number of benzene rings is 1. The fourth-order valence-electron chi connectivity index (χ4n) is 2.08. The van der Waals surface area contributed by atoms with Crippen LogP contribution in [0.3, 0.4) is 0 Å². The van der Waals surface area contributed by atoms with Crippen LogP contribution in [0.25, 0.3) is 0 Å². The number of nitrogens with zero attached hydrogens (tertiary/aromatic N) is 2. The van der Waals surface area contributed by atoms with E-state index in [1.807, 2.05) is 24.6 Å². The highest BCUT2D eigenvalue weighted by Crippen LogP contribution is 2.18. The van der Waals surface area contributed by atoms with Gasteiger partial charge in [-0.2, -0.15) is 5.10 Å². The van der Waals surface area contributed by atoms with E-state index >= 15 is 0 Å². The van der Waals surface area contributed by atoms with E-state index in [-0.39, 0.29) is 0 Å². The molecule has 1 aromatic carbocycles. The Balaban J connectivity index is 2.37. The van der Waals surface area contributed by atoms with E-state index < -0.39 is 7.12 Å². The average molecular weight is 260 g/mol. The minimum Gasteiger partial charge on any atom is -0.496 e. The first-order chi connectivity index (χ1) is 9.01. The lowest BCUT2D eigenvalue weighted by atomic mass is 9.79. The first kappa shape index (κ1) is 13.6. The molecule has 1 aromatic heterocycles. The Bertz CT molecular complexity index is 581. The van der Waals surface area contributed by atoms with Gasteiger partial charge in [-0.15, -0.1) is 0 Å². The highest BCUT2D eigenvalue weighted by molar-refractivity contribution is 6.58. The second kappa shape index (κ2) is 5.46. The van der Waals surface area contributed by atoms with Crippen molar-refractivity contribution in [2.45, 2.75) is 20.4 Å². The molecule has 2 rings (SSSR count). The van der Waals surface area contributed by atoms with Crippen LogP contribution in [-0.4, -0.2) is 34.1 Å². The van der Waals surface area contributed by atoms with Crippen LogP contribution in [0.2, 0.25) is 0 Å². The number of ether oxygens (including phenoxy) is 1. The molecule has 0 aliphatic heterocycles. The molecule has 0 atom stereocenters. The molecule has 0 bridgehead atoms. The van der Waals surface area contributed by atoms with Crippen LogP contribution in [-0.2, 0) is 6.54 Å². The van der Waals surface area contributed by atoms with E-state index in [1.54, 1.807) is 25.3 Å². The van der Waals surface area contributed by atoms with Crippen LogP contribution in [0.1, 0.15) is 17.0 Å². The molecule has 2 N–H and O–H groups in total. The van der Waals surface area contributed by atoms with Gasteiger partial charge in [0.2, 0.25) is 0 Å². The summed E-state index contributed by atoms with van der Waals surface area (Å²) in [5.74, 6) is 0.706. The molecule has 100 valence electrons. The second-order valence-corrected chi connectivity index (χ2v) is 4.53. The summed E-state index contributed by atoms with van der Waals surface area (Å²) < 4.78 is 7.16. The Labute approximate surface area is 112 Å². The van der Waals surface area contributed by atoms with E-state index in [4.69, 9.17) is 4.74 Å². The maximum absolute atomic E-state index is 9.23. The van der Waals surface area contributed by atoms with Gasteiger partial charge < -0.3 is 14.8 Å². The minimum absolute atomic E-state index is 0.442. The van der Waals surface area contributed by atoms with Gasteiger partial charge in [-0.3, -0.25) is 4.68 Å². The predicted molar refractivity (Wildman–Crippen MR) is 73.6 cm³/mol. The Morgan fingerprint density at radius 2 is 2.00 bits per heavy atom. The highest BCUT2D eigenvalue weighted by atomic mass is 16.5. The summed E-state index contributed by atoms with van der Waals surface area (Å²) in [5.41, 5.74) is 3.31. The summed E-state index contributed by atoms with van der Waals surface area (Å²) in [6.07, 6.45) is 0. The maximum atomic E-state index is 9.23. The van der Waals surface area contributed by atoms with Crippen LogP contribution in [0.5, 0.6) is 5.75 Å². The third kappa shape index (κ3) is 2.97. The molecular formula is C13H17BN2O3. The predicted octanol–water partition coefficient (Wildman–Crippen LogP) is 0.237. The molecule has 0 unspecified atom stereocenters. The number of aromatic nitrogens is 2. The first-order valence-corrected chi connectivity index (χ1v) is 6.05. The smallest absolute Gasteiger partial charge is 0.488 e. The lowest BCUT2D eigenvalue weighted by molar-refractivity contribution is 0.406. The largest absolute Gasteiger partial charge is 0.496 e. The van der Waals surface area contributed by atoms with Crippen molar-refractivity contribution in [3.8, 4) is 5.75 Å². The van der Waals surface area contributed by atoms with E-state index in [9.17, 15) is 10.0 Å². The van der Waals surface area contributed by atoms with Gasteiger partial charge in [0, 0.05) is 11.3 Å². The van der Waals surface area contributed by atoms with Gasteiger partial charge in [0.05, 0.1) is 19.3 Å². The number of methoxy groups -OCH3 is 1. The normalized spacial score (nSPS) is 10.6. The van der Waals surface area contributed by atoms with Gasteiger partial charge in [-0.1, -0.05) is 12.1 Å². The number of rotatable bonds is 4. The second-order valence-electron chi connectivity index (χ2n) is 4.53. The first-order valence-electron chi connectivity index (χ1n) is 6.05. The van der Waals surface area contributed by atoms with E-state index in [1.165, 1.54) is 0 Å². The van der Waals surface area contributed by atoms with Crippen LogP contribution < -0.4 is 10.2 Å². The van der Waals surface area contributed by atoms with Crippen LogP contribution in [0.15, 0.2) is 24.3 Å². The summed E-state index contributed by atoms with van der Waals surface area (Å²) >= 11 is 0. The monoisotopic (exact) mass is 260 g/mol. The van der Waals surface area contributed by atoms with Crippen LogP contribution >= 0.6 is 0 Å². The highest BCUT2D eigenvalue weighted by Gasteiger charge is 2.14. The summed E-state index contributed by atoms with van der Waals surface area (Å²) in [5, 5.41) is 22.8. The van der Waals surface area contributed by atoms with E-state index in [0.717, 1.165) is 17.0 Å². The summed E-state index contributed by atoms with van der Waals surface area (Å²) in [6.45, 7) is 4.45. The summed E-state index contributed by atoms with van der Waals surface area (Å²) in [6, 6.07) is 7.08. The number of hydrogen-bond donors (Lipinski definition) is 2. The lowest BCUT2D eigenvalue weighted by Gasteiger charge is -2.12. The topological polar surface area (TPSA) is 67.5 Å². The van der Waals surface area contributed by atoms with Gasteiger partial charge in [0.1, 0.15) is 5.75 Å². The molecule has 0 spiro atoms. The maximum Gasteiger partial charge on any atom is 0.488 e. The quantitative estimate of drug-likeness (QED) is 0.772. The Morgan fingerprint density at radius 1 is 1.26 bits per heavy atom. The Hall–Kier alpha value is -1.79. The summed E-state index contributed by atoms with van der Waals surface area (Å²) in [7, 11) is 0.111. The number of aryl methyl sites for hydroxylation is 2. The molecule has 2 aromatic rings. The van der Waals surface area contributed by atoms with Crippen molar-refractivity contribution in [1.29, 1.82) is 0 Å². The third-order valence-corrected chi connectivity index (χ3v) is 3.03. The molecule has 0 saturated heterocycles. The fourth-order valence-corrected chi connectivity index (χ4v) is 2.08. The van der Waals surface area contributed by atoms with E-state index in [2.05, 4.69) is 5.10 Å². The van der Waals surface area contributed by atoms with E-state index in [0.29, 0.717) is 17.8 Å². The van der Waals surface area contributed by atoms with Crippen molar-refractivity contribution < 1.29 is 14.8 Å². The molecular weight excluding hydrogens is 243 g/mol. The zero-order valence-electron chi connectivity index (χ0n) is 11.3. The van der Waals surface area contributed by atoms with Crippen LogP contribution in [0.4, 0.5) is 0 Å². The third-order valence-electron chi connectivity index (χ3n) is 3.03. The molecule has 19 heavy (non-hydrogen) atoms. The number of hydrogen-bond acceptors (Lipinski definition) is 4. The Morgan fingerprint density at radius 3 is 2.53 bits per heavy atom. The molecule has 0 radical (unpaired) electrons. The molecule has 0 aliphatic rings. The molecule has 0 fully saturated rings. The molecule has 0 saturated carbocycles. The van der Waals surface area contributed by atoms with Crippen molar-refractivity contribution >= 4 is 12.6 Å². The SMILES string of the molecule is COc1ccc(B(O)O)cc1Cn1nc(C)cc1C. The fraction of sp³-hybridized carbons (Fsp3) is 0.308. The summed E-state index contributed by atoms with van der Waals surface area (Å²) in [4.78, 5) is 0. The van der Waals surface area contributed by atoms with Crippen LogP contribution in [0, 0.1) is 13.8 Å². The standard InChI is InChI=1S/C13H17BN2O3/c1-9-6-10(2)16(15-9)8-11-7-12(14(17)18)4-5-13(11)19-3/h4-7,17-18H,8H2,1-3H3. The van der Waals surface area contributed by atoms with Gasteiger partial charge >= 0.3 is 7.12 Å². The van der Waals surface area contributed by atoms with Gasteiger partial charge in [-0.25, -0.2) is 0 Å². The van der Waals surface area contributed by atoms with Crippen molar-refractivity contribution in [3.05, 3.63) is 41.2 Å². The average Bonchev–Trinajstić information content (AvgIpc) is 2.67. The molecule has 6 heteroatoms. The molecule has 0 amide bonds. The van der Waals surface area contributed by atoms with Crippen molar-refractivity contribution in [3.63, 3.8) is 0 Å². The van der Waals surface area contributed by atoms with Crippen molar-refractivity contribution in [1.82, 2.24) is 9.78 Å². The van der Waals surface area contributed by atoms with Gasteiger partial charge in [0.25, 0.3) is 0 Å². The lowest BCUT2D eigenvalue weighted by Crippen LogP contribution is -2.30. The van der Waals surface area contributed by atoms with Gasteiger partial charge in [-0.05, 0) is 31.4 Å². The molecule has 5 nitrogen and oxygen atoms in total. The van der Waals surface area contributed by atoms with Crippen molar-refractivity contribution in [2.24, 2.45) is 0 Å².